The zero-order valence-corrected chi connectivity index (χ0v) is 10.9. The maximum atomic E-state index is 11.8. The highest BCUT2D eigenvalue weighted by atomic mass is 35.5. The molecule has 0 atom stereocenters. The molecule has 1 heterocycles. The third kappa shape index (κ3) is 3.07. The predicted octanol–water partition coefficient (Wildman–Crippen LogP) is 0.220. The van der Waals surface area contributed by atoms with Crippen LogP contribution in [0, 0.1) is 0 Å². The zero-order chi connectivity index (χ0) is 10.9. The average Bonchev–Trinajstić information content (AvgIpc) is 2.65. The first-order chi connectivity index (χ1) is 7.02. The molecular formula is C9H20ClN3O2S. The molecule has 5 nitrogen and oxygen atoms in total. The van der Waals surface area contributed by atoms with Crippen molar-refractivity contribution < 1.29 is 8.42 Å². The Bertz CT molecular complexity index is 324. The molecule has 0 aromatic rings. The van der Waals surface area contributed by atoms with Crippen LogP contribution in [0.3, 0.4) is 0 Å². The molecule has 1 saturated heterocycles. The normalized spacial score (nSPS) is 24.8. The van der Waals surface area contributed by atoms with E-state index in [1.54, 1.807) is 0 Å². The van der Waals surface area contributed by atoms with Crippen molar-refractivity contribution in [3.8, 4) is 0 Å². The summed E-state index contributed by atoms with van der Waals surface area (Å²) in [5.74, 6) is 0. The Balaban J connectivity index is 0.00000128. The summed E-state index contributed by atoms with van der Waals surface area (Å²) in [5.41, 5.74) is 5.68. The molecular weight excluding hydrogens is 250 g/mol. The molecule has 2 rings (SSSR count). The molecule has 3 N–H and O–H groups in total. The van der Waals surface area contributed by atoms with Crippen LogP contribution in [0.5, 0.6) is 0 Å². The predicted molar refractivity (Wildman–Crippen MR) is 65.7 cm³/mol. The summed E-state index contributed by atoms with van der Waals surface area (Å²) in [6.45, 7) is 1.67. The van der Waals surface area contributed by atoms with Gasteiger partial charge in [0.05, 0.1) is 0 Å². The molecule has 0 radical (unpaired) electrons. The van der Waals surface area contributed by atoms with E-state index in [2.05, 4.69) is 4.72 Å². The molecule has 0 aromatic carbocycles. The van der Waals surface area contributed by atoms with Crippen molar-refractivity contribution in [2.75, 3.05) is 19.6 Å². The van der Waals surface area contributed by atoms with Crippen molar-refractivity contribution in [2.24, 2.45) is 5.73 Å². The number of hydrogen-bond donors (Lipinski definition) is 2. The maximum absolute atomic E-state index is 11.8. The second-order valence-corrected chi connectivity index (χ2v) is 6.40. The fourth-order valence-corrected chi connectivity index (χ4v) is 3.45. The average molecular weight is 270 g/mol. The molecule has 2 aliphatic rings. The van der Waals surface area contributed by atoms with Crippen molar-refractivity contribution in [3.63, 3.8) is 0 Å². The number of halogens is 1. The molecule has 0 spiro atoms. The fourth-order valence-electron chi connectivity index (χ4n) is 2.06. The number of nitrogens with two attached hydrogens (primary N) is 1. The van der Waals surface area contributed by atoms with Crippen LogP contribution < -0.4 is 10.5 Å². The smallest absolute Gasteiger partial charge is 0.279 e. The van der Waals surface area contributed by atoms with Crippen LogP contribution in [-0.4, -0.2) is 37.9 Å². The van der Waals surface area contributed by atoms with Crippen molar-refractivity contribution in [2.45, 2.75) is 37.6 Å². The molecule has 0 unspecified atom stereocenters. The van der Waals surface area contributed by atoms with Crippen molar-refractivity contribution in [1.82, 2.24) is 9.03 Å². The van der Waals surface area contributed by atoms with Gasteiger partial charge in [-0.25, -0.2) is 4.72 Å². The second kappa shape index (κ2) is 5.18. The van der Waals surface area contributed by atoms with Gasteiger partial charge in [0.2, 0.25) is 0 Å². The molecule has 7 heteroatoms. The Morgan fingerprint density at radius 1 is 1.19 bits per heavy atom. The Labute approximate surface area is 103 Å². The van der Waals surface area contributed by atoms with Crippen LogP contribution in [0.15, 0.2) is 0 Å². The maximum Gasteiger partial charge on any atom is 0.279 e. The Kier molecular flexibility index (Phi) is 4.59. The highest BCUT2D eigenvalue weighted by Crippen LogP contribution is 2.28. The van der Waals surface area contributed by atoms with Crippen LogP contribution in [0.25, 0.3) is 0 Å². The molecule has 2 fully saturated rings. The first-order valence-electron chi connectivity index (χ1n) is 5.56. The summed E-state index contributed by atoms with van der Waals surface area (Å²) in [7, 11) is -3.27. The SMILES string of the molecule is Cl.NC1(CNS(=O)(=O)N2CCCC2)CCC1. The minimum atomic E-state index is -3.27. The highest BCUT2D eigenvalue weighted by molar-refractivity contribution is 7.87. The van der Waals surface area contributed by atoms with Crippen LogP contribution in [0.4, 0.5) is 0 Å². The molecule has 0 aromatic heterocycles. The quantitative estimate of drug-likeness (QED) is 0.767. The second-order valence-electron chi connectivity index (χ2n) is 4.65. The van der Waals surface area contributed by atoms with E-state index in [1.807, 2.05) is 0 Å². The minimum absolute atomic E-state index is 0. The van der Waals surface area contributed by atoms with Gasteiger partial charge in [0.1, 0.15) is 0 Å². The highest BCUT2D eigenvalue weighted by Gasteiger charge is 2.35. The van der Waals surface area contributed by atoms with E-state index < -0.39 is 10.2 Å². The molecule has 1 aliphatic carbocycles. The Hall–Kier alpha value is 0.120. The van der Waals surface area contributed by atoms with Gasteiger partial charge < -0.3 is 5.73 Å². The molecule has 0 bridgehead atoms. The molecule has 96 valence electrons. The number of rotatable bonds is 4. The van der Waals surface area contributed by atoms with Gasteiger partial charge in [-0.1, -0.05) is 0 Å². The van der Waals surface area contributed by atoms with Crippen LogP contribution >= 0.6 is 12.4 Å². The molecule has 1 aliphatic heterocycles. The van der Waals surface area contributed by atoms with Gasteiger partial charge in [-0.05, 0) is 32.1 Å². The first-order valence-corrected chi connectivity index (χ1v) is 7.00. The molecule has 0 amide bonds. The van der Waals surface area contributed by atoms with Crippen LogP contribution in [-0.2, 0) is 10.2 Å². The number of hydrogen-bond acceptors (Lipinski definition) is 3. The van der Waals surface area contributed by atoms with Gasteiger partial charge >= 0.3 is 0 Å². The van der Waals surface area contributed by atoms with E-state index in [4.69, 9.17) is 5.73 Å². The number of nitrogens with zero attached hydrogens (tertiary/aromatic N) is 1. The lowest BCUT2D eigenvalue weighted by atomic mass is 9.78. The monoisotopic (exact) mass is 269 g/mol. The zero-order valence-electron chi connectivity index (χ0n) is 9.31. The fraction of sp³-hybridized carbons (Fsp3) is 1.00. The largest absolute Gasteiger partial charge is 0.324 e. The van der Waals surface area contributed by atoms with Gasteiger partial charge in [-0.2, -0.15) is 12.7 Å². The summed E-state index contributed by atoms with van der Waals surface area (Å²) in [5, 5.41) is 0. The first kappa shape index (κ1) is 14.2. The topological polar surface area (TPSA) is 75.4 Å². The molecule has 1 saturated carbocycles. The Morgan fingerprint density at radius 2 is 1.75 bits per heavy atom. The van der Waals surface area contributed by atoms with E-state index in [0.29, 0.717) is 19.6 Å². The van der Waals surface area contributed by atoms with E-state index in [1.165, 1.54) is 4.31 Å². The Morgan fingerprint density at radius 3 is 2.19 bits per heavy atom. The summed E-state index contributed by atoms with van der Waals surface area (Å²) in [6, 6.07) is 0. The van der Waals surface area contributed by atoms with Crippen LogP contribution in [0.1, 0.15) is 32.1 Å². The lowest BCUT2D eigenvalue weighted by Gasteiger charge is -2.38. The summed E-state index contributed by atoms with van der Waals surface area (Å²) < 4.78 is 27.7. The van der Waals surface area contributed by atoms with Crippen molar-refractivity contribution >= 4 is 22.6 Å². The van der Waals surface area contributed by atoms with E-state index in [-0.39, 0.29) is 17.9 Å². The van der Waals surface area contributed by atoms with Crippen molar-refractivity contribution in [1.29, 1.82) is 0 Å². The van der Waals surface area contributed by atoms with Gasteiger partial charge in [-0.3, -0.25) is 0 Å². The minimum Gasteiger partial charge on any atom is -0.324 e. The summed E-state index contributed by atoms with van der Waals surface area (Å²) in [6.07, 6.45) is 4.90. The lowest BCUT2D eigenvalue weighted by molar-refractivity contribution is 0.249. The van der Waals surface area contributed by atoms with Gasteiger partial charge in [0.15, 0.2) is 0 Å². The standard InChI is InChI=1S/C9H19N3O2S.ClH/c10-9(4-3-5-9)8-11-15(13,14)12-6-1-2-7-12;/h11H,1-8,10H2;1H. The van der Waals surface area contributed by atoms with Gasteiger partial charge in [0, 0.05) is 25.2 Å². The number of nitrogens with one attached hydrogen (secondary N) is 1. The molecule has 16 heavy (non-hydrogen) atoms. The third-order valence-electron chi connectivity index (χ3n) is 3.36. The summed E-state index contributed by atoms with van der Waals surface area (Å²) in [4.78, 5) is 0. The lowest BCUT2D eigenvalue weighted by Crippen LogP contribution is -2.56. The van der Waals surface area contributed by atoms with E-state index in [9.17, 15) is 8.42 Å². The van der Waals surface area contributed by atoms with E-state index >= 15 is 0 Å². The van der Waals surface area contributed by atoms with Gasteiger partial charge in [-0.15, -0.1) is 12.4 Å². The summed E-state index contributed by atoms with van der Waals surface area (Å²) >= 11 is 0. The van der Waals surface area contributed by atoms with Gasteiger partial charge in [0.25, 0.3) is 10.2 Å². The van der Waals surface area contributed by atoms with Crippen molar-refractivity contribution in [3.05, 3.63) is 0 Å². The third-order valence-corrected chi connectivity index (χ3v) is 4.92. The van der Waals surface area contributed by atoms with Crippen LogP contribution in [0.2, 0.25) is 0 Å². The van der Waals surface area contributed by atoms with E-state index in [0.717, 1.165) is 32.1 Å².